The van der Waals surface area contributed by atoms with Gasteiger partial charge >= 0.3 is 11.8 Å². The summed E-state index contributed by atoms with van der Waals surface area (Å²) in [5.74, 6) is -1.11. The highest BCUT2D eigenvalue weighted by atomic mass is 79.9. The molecule has 1 aromatic heterocycles. The summed E-state index contributed by atoms with van der Waals surface area (Å²) in [5.41, 5.74) is 0.873. The van der Waals surface area contributed by atoms with Crippen LogP contribution in [0.3, 0.4) is 0 Å². The van der Waals surface area contributed by atoms with Crippen LogP contribution < -0.4 is 0 Å². The molecule has 0 aliphatic heterocycles. The number of ether oxygens (including phenoxy) is 1. The number of alkyl halides is 2. The van der Waals surface area contributed by atoms with Gasteiger partial charge < -0.3 is 9.58 Å². The normalized spacial score (nSPS) is 10.4. The van der Waals surface area contributed by atoms with Gasteiger partial charge in [0.05, 0.1) is 23.8 Å². The van der Waals surface area contributed by atoms with Crippen LogP contribution in [0.5, 0.6) is 0 Å². The number of rotatable bonds is 4. The second-order valence-corrected chi connectivity index (χ2v) is 12.0. The lowest BCUT2D eigenvalue weighted by atomic mass is 10.0. The minimum atomic E-state index is -3.82. The van der Waals surface area contributed by atoms with Crippen LogP contribution in [0.2, 0.25) is 5.02 Å². The van der Waals surface area contributed by atoms with Crippen molar-refractivity contribution in [1.29, 1.82) is 0 Å². The summed E-state index contributed by atoms with van der Waals surface area (Å²) >= 11 is 12.5. The Bertz CT molecular complexity index is 1670. The van der Waals surface area contributed by atoms with Crippen LogP contribution in [0.4, 0.5) is 19.0 Å². The third-order valence-electron chi connectivity index (χ3n) is 4.75. The van der Waals surface area contributed by atoms with Gasteiger partial charge in [0, 0.05) is 31.3 Å². The highest BCUT2D eigenvalue weighted by Gasteiger charge is 2.16. The average molecular weight is 754 g/mol. The second kappa shape index (κ2) is 15.8. The Kier molecular flexibility index (Phi) is 13.2. The Morgan fingerprint density at radius 1 is 1.05 bits per heavy atom. The van der Waals surface area contributed by atoms with E-state index in [1.54, 1.807) is 0 Å². The zero-order valence-electron chi connectivity index (χ0n) is 20.5. The molecule has 214 valence electrons. The predicted molar refractivity (Wildman–Crippen MR) is 156 cm³/mol. The maximum atomic E-state index is 13.9. The standard InChI is InChI=1S/C14H9BrClFO2.C7H5ClF2O2S.C5H2BrN3/c1-19-14(18)11-6-12(16)10(7-13(11)17)8-3-2-4-9(15)5-8;8-13(11,12)6-3-1-5(2-4-6)7(9)10;1-7-5-4(6)8-2-3-9-5/h2-7H,1H3;1-4,7H;2-3H. The number of halogens is 7. The predicted octanol–water partition coefficient (Wildman–Crippen LogP) is 9.04. The SMILES string of the molecule is COC(=O)c1cc(Cl)c(-c2cccc(Br)c2)cc1F.O=S(=O)(Cl)c1ccc(C(F)F)cc1.[C-]#[N+]c1nccnc1Br. The Morgan fingerprint density at radius 2 is 1.68 bits per heavy atom. The molecule has 0 unspecified atom stereocenters. The Balaban J connectivity index is 0.000000232. The van der Waals surface area contributed by atoms with Gasteiger partial charge in [0.25, 0.3) is 15.5 Å². The van der Waals surface area contributed by atoms with Gasteiger partial charge in [-0.25, -0.2) is 26.4 Å². The number of nitrogens with zero attached hydrogens (tertiary/aromatic N) is 3. The first-order valence-electron chi connectivity index (χ1n) is 10.8. The fourth-order valence-electron chi connectivity index (χ4n) is 2.86. The van der Waals surface area contributed by atoms with E-state index in [0.29, 0.717) is 21.0 Å². The molecule has 0 atom stereocenters. The summed E-state index contributed by atoms with van der Waals surface area (Å²) in [6, 6.07) is 14.0. The highest BCUT2D eigenvalue weighted by Crippen LogP contribution is 2.32. The minimum absolute atomic E-state index is 0.175. The van der Waals surface area contributed by atoms with Gasteiger partial charge in [0.2, 0.25) is 0 Å². The van der Waals surface area contributed by atoms with E-state index in [9.17, 15) is 26.4 Å². The molecular formula is C26H16Br2Cl2F3N3O4S. The summed E-state index contributed by atoms with van der Waals surface area (Å²) < 4.78 is 65.1. The van der Waals surface area contributed by atoms with Gasteiger partial charge in [-0.1, -0.05) is 58.4 Å². The van der Waals surface area contributed by atoms with Crippen molar-refractivity contribution >= 4 is 75.0 Å². The van der Waals surface area contributed by atoms with Crippen molar-refractivity contribution in [3.05, 3.63) is 116 Å². The van der Waals surface area contributed by atoms with Crippen molar-refractivity contribution in [2.24, 2.45) is 0 Å². The Labute approximate surface area is 259 Å². The number of esters is 1. The molecule has 7 nitrogen and oxygen atoms in total. The van der Waals surface area contributed by atoms with Crippen LogP contribution in [0.1, 0.15) is 22.3 Å². The van der Waals surface area contributed by atoms with E-state index in [1.165, 1.54) is 31.6 Å². The number of methoxy groups -OCH3 is 1. The third kappa shape index (κ3) is 10.4. The van der Waals surface area contributed by atoms with Gasteiger partial charge in [0.15, 0.2) is 0 Å². The summed E-state index contributed by atoms with van der Waals surface area (Å²) in [5, 5.41) is 0.292. The van der Waals surface area contributed by atoms with Crippen molar-refractivity contribution < 1.29 is 31.1 Å². The van der Waals surface area contributed by atoms with E-state index in [4.69, 9.17) is 28.9 Å². The second-order valence-electron chi connectivity index (χ2n) is 7.40. The van der Waals surface area contributed by atoms with Gasteiger partial charge in [0.1, 0.15) is 16.6 Å². The quantitative estimate of drug-likeness (QED) is 0.117. The van der Waals surface area contributed by atoms with E-state index >= 15 is 0 Å². The first-order chi connectivity index (χ1) is 19.3. The van der Waals surface area contributed by atoms with Crippen molar-refractivity contribution in [3.8, 4) is 11.1 Å². The van der Waals surface area contributed by atoms with E-state index in [0.717, 1.165) is 34.3 Å². The highest BCUT2D eigenvalue weighted by molar-refractivity contribution is 9.10. The topological polar surface area (TPSA) is 90.6 Å². The van der Waals surface area contributed by atoms with Crippen molar-refractivity contribution in [1.82, 2.24) is 9.97 Å². The van der Waals surface area contributed by atoms with Crippen LogP contribution in [0, 0.1) is 12.4 Å². The largest absolute Gasteiger partial charge is 0.465 e. The Hall–Kier alpha value is -3.02. The van der Waals surface area contributed by atoms with Crippen LogP contribution in [-0.2, 0) is 13.8 Å². The molecule has 0 spiro atoms. The van der Waals surface area contributed by atoms with E-state index in [2.05, 4.69) is 51.4 Å². The molecule has 0 radical (unpaired) electrons. The van der Waals surface area contributed by atoms with Gasteiger partial charge in [-0.2, -0.15) is 0 Å². The molecule has 15 heteroatoms. The fraction of sp³-hybridized carbons (Fsp3) is 0.0769. The number of aromatic nitrogens is 2. The lowest BCUT2D eigenvalue weighted by Gasteiger charge is -2.08. The molecule has 0 aliphatic rings. The molecule has 0 amide bonds. The lowest BCUT2D eigenvalue weighted by molar-refractivity contribution is 0.0595. The maximum absolute atomic E-state index is 13.9. The number of hydrogen-bond donors (Lipinski definition) is 0. The fourth-order valence-corrected chi connectivity index (χ4v) is 4.61. The molecule has 0 saturated carbocycles. The minimum Gasteiger partial charge on any atom is -0.465 e. The van der Waals surface area contributed by atoms with E-state index in [1.807, 2.05) is 24.3 Å². The Morgan fingerprint density at radius 3 is 2.17 bits per heavy atom. The zero-order chi connectivity index (χ0) is 30.7. The molecule has 0 fully saturated rings. The van der Waals surface area contributed by atoms with Crippen molar-refractivity contribution in [3.63, 3.8) is 0 Å². The molecule has 0 saturated heterocycles. The average Bonchev–Trinajstić information content (AvgIpc) is 2.94. The molecule has 3 aromatic carbocycles. The first kappa shape index (κ1) is 34.2. The first-order valence-corrected chi connectivity index (χ1v) is 15.1. The van der Waals surface area contributed by atoms with Crippen LogP contribution in [0.25, 0.3) is 16.0 Å². The summed E-state index contributed by atoms with van der Waals surface area (Å²) in [6.07, 6.45) is 0.406. The number of benzene rings is 3. The summed E-state index contributed by atoms with van der Waals surface area (Å²) in [6.45, 7) is 6.58. The third-order valence-corrected chi connectivity index (χ3v) is 7.49. The molecule has 0 bridgehead atoms. The van der Waals surface area contributed by atoms with Crippen LogP contribution in [0.15, 0.2) is 87.0 Å². The van der Waals surface area contributed by atoms with E-state index < -0.39 is 27.3 Å². The number of hydrogen-bond acceptors (Lipinski definition) is 6. The summed E-state index contributed by atoms with van der Waals surface area (Å²) in [7, 11) is 2.35. The zero-order valence-corrected chi connectivity index (χ0v) is 26.0. The van der Waals surface area contributed by atoms with Crippen molar-refractivity contribution in [2.45, 2.75) is 11.3 Å². The van der Waals surface area contributed by atoms with Crippen molar-refractivity contribution in [2.75, 3.05) is 7.11 Å². The summed E-state index contributed by atoms with van der Waals surface area (Å²) in [4.78, 5) is 21.8. The van der Waals surface area contributed by atoms with E-state index in [-0.39, 0.29) is 16.0 Å². The number of carbonyl (C=O) groups is 1. The number of carbonyl (C=O) groups excluding carboxylic acids is 1. The van der Waals surface area contributed by atoms with Gasteiger partial charge in [-0.3, -0.25) is 4.98 Å². The maximum Gasteiger partial charge on any atom is 0.340 e. The lowest BCUT2D eigenvalue weighted by Crippen LogP contribution is -2.04. The molecule has 4 aromatic rings. The van der Waals surface area contributed by atoms with Crippen LogP contribution >= 0.6 is 54.1 Å². The van der Waals surface area contributed by atoms with Crippen LogP contribution in [-0.4, -0.2) is 31.5 Å². The molecule has 0 aliphatic carbocycles. The molecule has 1 heterocycles. The molecular weight excluding hydrogens is 738 g/mol. The molecule has 4 rings (SSSR count). The van der Waals surface area contributed by atoms with Gasteiger partial charge in [-0.15, -0.1) is 4.98 Å². The smallest absolute Gasteiger partial charge is 0.340 e. The monoisotopic (exact) mass is 751 g/mol. The molecule has 0 N–H and O–H groups in total. The van der Waals surface area contributed by atoms with Gasteiger partial charge in [-0.05, 0) is 57.9 Å². The molecule has 41 heavy (non-hydrogen) atoms.